The minimum Gasteiger partial charge on any atom is -0.313 e. The standard InChI is InChI=1S/C15H25N5/c1-5-14-13(10-16-7-3)15(6-2)20(18-14)11-12-8-9-19(4)17-12/h8-9,16H,5-7,10-11H2,1-4H3. The lowest BCUT2D eigenvalue weighted by atomic mass is 10.1. The van der Waals surface area contributed by atoms with Crippen molar-refractivity contribution in [2.75, 3.05) is 6.54 Å². The van der Waals surface area contributed by atoms with Crippen molar-refractivity contribution in [1.29, 1.82) is 0 Å². The van der Waals surface area contributed by atoms with Gasteiger partial charge in [0.1, 0.15) is 0 Å². The number of rotatable bonds is 7. The summed E-state index contributed by atoms with van der Waals surface area (Å²) in [6.45, 7) is 9.14. The molecule has 0 saturated heterocycles. The van der Waals surface area contributed by atoms with E-state index in [1.165, 1.54) is 17.0 Å². The molecule has 2 aromatic heterocycles. The van der Waals surface area contributed by atoms with Crippen molar-refractivity contribution >= 4 is 0 Å². The molecule has 110 valence electrons. The van der Waals surface area contributed by atoms with Gasteiger partial charge in [-0.25, -0.2) is 0 Å². The molecule has 0 aliphatic carbocycles. The second-order valence-corrected chi connectivity index (χ2v) is 5.00. The summed E-state index contributed by atoms with van der Waals surface area (Å²) in [6, 6.07) is 2.05. The van der Waals surface area contributed by atoms with E-state index in [2.05, 4.69) is 41.9 Å². The molecule has 0 aliphatic heterocycles. The van der Waals surface area contributed by atoms with Crippen LogP contribution in [-0.4, -0.2) is 26.1 Å². The summed E-state index contributed by atoms with van der Waals surface area (Å²) in [5, 5.41) is 12.7. The Morgan fingerprint density at radius 2 is 1.95 bits per heavy atom. The highest BCUT2D eigenvalue weighted by Gasteiger charge is 2.15. The molecule has 0 atom stereocenters. The maximum absolute atomic E-state index is 4.78. The number of aromatic nitrogens is 4. The molecule has 2 aromatic rings. The lowest BCUT2D eigenvalue weighted by molar-refractivity contribution is 0.614. The molecule has 0 aromatic carbocycles. The molecule has 20 heavy (non-hydrogen) atoms. The third-order valence-corrected chi connectivity index (χ3v) is 3.55. The van der Waals surface area contributed by atoms with Crippen LogP contribution in [0.2, 0.25) is 0 Å². The van der Waals surface area contributed by atoms with Crippen molar-refractivity contribution in [2.24, 2.45) is 7.05 Å². The van der Waals surface area contributed by atoms with Gasteiger partial charge in [0.15, 0.2) is 0 Å². The quantitative estimate of drug-likeness (QED) is 0.839. The normalized spacial score (nSPS) is 11.2. The van der Waals surface area contributed by atoms with Crippen molar-refractivity contribution in [3.8, 4) is 0 Å². The summed E-state index contributed by atoms with van der Waals surface area (Å²) in [6.07, 6.45) is 3.95. The highest BCUT2D eigenvalue weighted by molar-refractivity contribution is 5.27. The van der Waals surface area contributed by atoms with Crippen LogP contribution in [0.1, 0.15) is 43.4 Å². The van der Waals surface area contributed by atoms with E-state index in [0.29, 0.717) is 0 Å². The van der Waals surface area contributed by atoms with Gasteiger partial charge in [-0.1, -0.05) is 20.8 Å². The van der Waals surface area contributed by atoms with E-state index in [4.69, 9.17) is 5.10 Å². The zero-order valence-electron chi connectivity index (χ0n) is 13.0. The highest BCUT2D eigenvalue weighted by Crippen LogP contribution is 2.17. The molecular weight excluding hydrogens is 250 g/mol. The van der Waals surface area contributed by atoms with Crippen LogP contribution in [-0.2, 0) is 33.0 Å². The molecule has 1 N–H and O–H groups in total. The van der Waals surface area contributed by atoms with Crippen molar-refractivity contribution in [1.82, 2.24) is 24.9 Å². The average molecular weight is 275 g/mol. The van der Waals surface area contributed by atoms with E-state index in [0.717, 1.165) is 38.2 Å². The Bertz CT molecular complexity index is 553. The first kappa shape index (κ1) is 14.8. The Balaban J connectivity index is 2.29. The molecule has 0 saturated carbocycles. The summed E-state index contributed by atoms with van der Waals surface area (Å²) in [5.74, 6) is 0. The van der Waals surface area contributed by atoms with Crippen LogP contribution in [0, 0.1) is 0 Å². The SMILES string of the molecule is CCNCc1c(CC)nn(Cc2ccn(C)n2)c1CC. The molecule has 0 spiro atoms. The van der Waals surface area contributed by atoms with Gasteiger partial charge in [0.25, 0.3) is 0 Å². The summed E-state index contributed by atoms with van der Waals surface area (Å²) in [5.41, 5.74) is 4.96. The highest BCUT2D eigenvalue weighted by atomic mass is 15.3. The molecule has 2 rings (SSSR count). The summed E-state index contributed by atoms with van der Waals surface area (Å²) >= 11 is 0. The van der Waals surface area contributed by atoms with Crippen LogP contribution >= 0.6 is 0 Å². The zero-order chi connectivity index (χ0) is 14.5. The van der Waals surface area contributed by atoms with E-state index in [-0.39, 0.29) is 0 Å². The minimum absolute atomic E-state index is 0.753. The van der Waals surface area contributed by atoms with Gasteiger partial charge < -0.3 is 5.32 Å². The number of hydrogen-bond acceptors (Lipinski definition) is 3. The maximum atomic E-state index is 4.78. The van der Waals surface area contributed by atoms with Gasteiger partial charge in [0, 0.05) is 31.0 Å². The zero-order valence-corrected chi connectivity index (χ0v) is 13.0. The van der Waals surface area contributed by atoms with Gasteiger partial charge in [0.2, 0.25) is 0 Å². The van der Waals surface area contributed by atoms with E-state index in [9.17, 15) is 0 Å². The molecule has 0 radical (unpaired) electrons. The summed E-state index contributed by atoms with van der Waals surface area (Å²) in [4.78, 5) is 0. The van der Waals surface area contributed by atoms with Gasteiger partial charge in [0.05, 0.1) is 17.9 Å². The topological polar surface area (TPSA) is 47.7 Å². The summed E-state index contributed by atoms with van der Waals surface area (Å²) in [7, 11) is 1.95. The molecule has 0 fully saturated rings. The third kappa shape index (κ3) is 3.10. The predicted molar refractivity (Wildman–Crippen MR) is 80.7 cm³/mol. The monoisotopic (exact) mass is 275 g/mol. The van der Waals surface area contributed by atoms with Crippen molar-refractivity contribution < 1.29 is 0 Å². The Morgan fingerprint density at radius 3 is 2.50 bits per heavy atom. The molecule has 5 nitrogen and oxygen atoms in total. The first-order valence-corrected chi connectivity index (χ1v) is 7.46. The molecule has 0 aliphatic rings. The molecule has 0 amide bonds. The van der Waals surface area contributed by atoms with Crippen LogP contribution in [0.15, 0.2) is 12.3 Å². The fraction of sp³-hybridized carbons (Fsp3) is 0.600. The molecule has 0 unspecified atom stereocenters. The van der Waals surface area contributed by atoms with Crippen molar-refractivity contribution in [3.63, 3.8) is 0 Å². The van der Waals surface area contributed by atoms with E-state index in [1.807, 2.05) is 17.9 Å². The molecular formula is C15H25N5. The lowest BCUT2D eigenvalue weighted by Gasteiger charge is -2.07. The fourth-order valence-electron chi connectivity index (χ4n) is 2.55. The second kappa shape index (κ2) is 6.70. The number of hydrogen-bond donors (Lipinski definition) is 1. The van der Waals surface area contributed by atoms with Gasteiger partial charge in [-0.05, 0) is 25.5 Å². The Morgan fingerprint density at radius 1 is 1.15 bits per heavy atom. The largest absolute Gasteiger partial charge is 0.313 e. The summed E-state index contributed by atoms with van der Waals surface area (Å²) < 4.78 is 3.96. The maximum Gasteiger partial charge on any atom is 0.0853 e. The predicted octanol–water partition coefficient (Wildman–Crippen LogP) is 1.90. The number of nitrogens with zero attached hydrogens (tertiary/aromatic N) is 4. The molecule has 2 heterocycles. The van der Waals surface area contributed by atoms with E-state index in [1.54, 1.807) is 0 Å². The first-order valence-electron chi connectivity index (χ1n) is 7.46. The Hall–Kier alpha value is -1.62. The van der Waals surface area contributed by atoms with Crippen LogP contribution in [0.3, 0.4) is 0 Å². The van der Waals surface area contributed by atoms with Gasteiger partial charge in [-0.2, -0.15) is 10.2 Å². The fourth-order valence-corrected chi connectivity index (χ4v) is 2.55. The van der Waals surface area contributed by atoms with Crippen LogP contribution < -0.4 is 5.32 Å². The average Bonchev–Trinajstić information content (AvgIpc) is 3.00. The van der Waals surface area contributed by atoms with Gasteiger partial charge in [-0.15, -0.1) is 0 Å². The van der Waals surface area contributed by atoms with Gasteiger partial charge in [-0.3, -0.25) is 9.36 Å². The second-order valence-electron chi connectivity index (χ2n) is 5.00. The number of nitrogens with one attached hydrogen (secondary N) is 1. The molecule has 0 bridgehead atoms. The van der Waals surface area contributed by atoms with E-state index < -0.39 is 0 Å². The van der Waals surface area contributed by atoms with Gasteiger partial charge >= 0.3 is 0 Å². The third-order valence-electron chi connectivity index (χ3n) is 3.55. The van der Waals surface area contributed by atoms with Crippen LogP contribution in [0.5, 0.6) is 0 Å². The molecule has 5 heteroatoms. The Kier molecular flexibility index (Phi) is 4.95. The first-order chi connectivity index (χ1) is 9.69. The lowest BCUT2D eigenvalue weighted by Crippen LogP contribution is -2.14. The van der Waals surface area contributed by atoms with E-state index >= 15 is 0 Å². The van der Waals surface area contributed by atoms with Crippen molar-refractivity contribution in [2.45, 2.75) is 46.7 Å². The minimum atomic E-state index is 0.753. The van der Waals surface area contributed by atoms with Crippen LogP contribution in [0.25, 0.3) is 0 Å². The Labute approximate surface area is 121 Å². The van der Waals surface area contributed by atoms with Crippen molar-refractivity contribution in [3.05, 3.63) is 34.9 Å². The smallest absolute Gasteiger partial charge is 0.0853 e. The number of aryl methyl sites for hydroxylation is 2. The van der Waals surface area contributed by atoms with Crippen LogP contribution in [0.4, 0.5) is 0 Å².